The van der Waals surface area contributed by atoms with Crippen LogP contribution in [0.25, 0.3) is 0 Å². The molecule has 0 atom stereocenters. The maximum absolute atomic E-state index is 12.1. The second-order valence-electron chi connectivity index (χ2n) is 4.29. The van der Waals surface area contributed by atoms with Crippen molar-refractivity contribution in [2.45, 2.75) is 5.75 Å². The zero-order chi connectivity index (χ0) is 16.3. The summed E-state index contributed by atoms with van der Waals surface area (Å²) < 4.78 is 29.1. The average molecular weight is 377 g/mol. The molecular formula is C14H8Cl3NO3S. The van der Waals surface area contributed by atoms with Crippen LogP contribution in [0, 0.1) is 11.3 Å². The summed E-state index contributed by atoms with van der Waals surface area (Å²) >= 11 is 17.5. The van der Waals surface area contributed by atoms with Gasteiger partial charge < -0.3 is 4.18 Å². The molecule has 0 radical (unpaired) electrons. The number of hydrogen-bond donors (Lipinski definition) is 0. The molecule has 0 heterocycles. The van der Waals surface area contributed by atoms with E-state index in [0.29, 0.717) is 11.1 Å². The van der Waals surface area contributed by atoms with Crippen molar-refractivity contribution in [3.63, 3.8) is 0 Å². The molecule has 0 saturated heterocycles. The van der Waals surface area contributed by atoms with Crippen molar-refractivity contribution in [1.82, 2.24) is 0 Å². The molecule has 0 unspecified atom stereocenters. The third kappa shape index (κ3) is 4.28. The van der Waals surface area contributed by atoms with Crippen molar-refractivity contribution in [3.05, 3.63) is 62.6 Å². The molecule has 0 saturated carbocycles. The molecule has 0 fully saturated rings. The molecule has 22 heavy (non-hydrogen) atoms. The molecule has 2 rings (SSSR count). The fourth-order valence-electron chi connectivity index (χ4n) is 1.67. The first-order chi connectivity index (χ1) is 10.3. The fourth-order valence-corrected chi connectivity index (χ4v) is 3.35. The molecule has 0 N–H and O–H groups in total. The highest BCUT2D eigenvalue weighted by Gasteiger charge is 2.18. The van der Waals surface area contributed by atoms with E-state index in [2.05, 4.69) is 0 Å². The predicted molar refractivity (Wildman–Crippen MR) is 85.9 cm³/mol. The zero-order valence-corrected chi connectivity index (χ0v) is 14.0. The van der Waals surface area contributed by atoms with E-state index in [1.165, 1.54) is 18.2 Å². The maximum Gasteiger partial charge on any atom is 0.313 e. The molecule has 114 valence electrons. The van der Waals surface area contributed by atoms with Gasteiger partial charge in [0.2, 0.25) is 0 Å². The molecule has 0 aliphatic carbocycles. The van der Waals surface area contributed by atoms with Crippen LogP contribution in [0.2, 0.25) is 15.1 Å². The Bertz CT molecular complexity index is 860. The highest BCUT2D eigenvalue weighted by Crippen LogP contribution is 2.34. The second kappa shape index (κ2) is 6.76. The largest absolute Gasteiger partial charge is 0.381 e. The lowest BCUT2D eigenvalue weighted by atomic mass is 10.2. The minimum Gasteiger partial charge on any atom is -0.381 e. The number of halogens is 3. The van der Waals surface area contributed by atoms with Crippen LogP contribution in [0.5, 0.6) is 5.75 Å². The first kappa shape index (κ1) is 16.9. The van der Waals surface area contributed by atoms with E-state index in [4.69, 9.17) is 44.2 Å². The first-order valence-corrected chi connectivity index (χ1v) is 8.57. The topological polar surface area (TPSA) is 67.2 Å². The molecule has 0 aromatic heterocycles. The standard InChI is InChI=1S/C14H8Cl3NO3S/c15-11-5-13(17)14(6-12(11)16)21-22(19,20)8-10-3-1-2-9(4-10)7-18/h1-6H,8H2. The van der Waals surface area contributed by atoms with Gasteiger partial charge in [0.25, 0.3) is 0 Å². The van der Waals surface area contributed by atoms with Crippen LogP contribution in [0.3, 0.4) is 0 Å². The normalized spacial score (nSPS) is 11.0. The van der Waals surface area contributed by atoms with Crippen LogP contribution < -0.4 is 4.18 Å². The molecule has 0 aliphatic heterocycles. The van der Waals surface area contributed by atoms with Gasteiger partial charge in [-0.2, -0.15) is 13.7 Å². The van der Waals surface area contributed by atoms with E-state index in [0.717, 1.165) is 0 Å². The Labute approximate surface area is 142 Å². The summed E-state index contributed by atoms with van der Waals surface area (Å²) in [4.78, 5) is 0. The zero-order valence-electron chi connectivity index (χ0n) is 10.9. The van der Waals surface area contributed by atoms with E-state index >= 15 is 0 Å². The lowest BCUT2D eigenvalue weighted by molar-refractivity contribution is 0.485. The van der Waals surface area contributed by atoms with Gasteiger partial charge in [0, 0.05) is 6.07 Å². The molecule has 4 nitrogen and oxygen atoms in total. The number of hydrogen-bond acceptors (Lipinski definition) is 4. The van der Waals surface area contributed by atoms with Gasteiger partial charge in [-0.1, -0.05) is 46.9 Å². The number of rotatable bonds is 4. The molecular weight excluding hydrogens is 369 g/mol. The quantitative estimate of drug-likeness (QED) is 0.585. The van der Waals surface area contributed by atoms with Gasteiger partial charge >= 0.3 is 10.1 Å². The van der Waals surface area contributed by atoms with Crippen molar-refractivity contribution in [2.75, 3.05) is 0 Å². The molecule has 2 aromatic rings. The van der Waals surface area contributed by atoms with Crippen molar-refractivity contribution in [1.29, 1.82) is 5.26 Å². The first-order valence-electron chi connectivity index (χ1n) is 5.86. The molecule has 0 amide bonds. The van der Waals surface area contributed by atoms with Gasteiger partial charge in [0.1, 0.15) is 5.75 Å². The summed E-state index contributed by atoms with van der Waals surface area (Å²) in [5, 5.41) is 9.16. The minimum absolute atomic E-state index is 0.0313. The fraction of sp³-hybridized carbons (Fsp3) is 0.0714. The highest BCUT2D eigenvalue weighted by atomic mass is 35.5. The summed E-state index contributed by atoms with van der Waals surface area (Å²) in [6.45, 7) is 0. The smallest absolute Gasteiger partial charge is 0.313 e. The summed E-state index contributed by atoms with van der Waals surface area (Å²) in [5.41, 5.74) is 0.788. The maximum atomic E-state index is 12.1. The van der Waals surface area contributed by atoms with Crippen LogP contribution in [-0.2, 0) is 15.9 Å². The van der Waals surface area contributed by atoms with Crippen LogP contribution in [0.15, 0.2) is 36.4 Å². The van der Waals surface area contributed by atoms with Gasteiger partial charge in [-0.05, 0) is 23.8 Å². The van der Waals surface area contributed by atoms with Crippen molar-refractivity contribution >= 4 is 44.9 Å². The van der Waals surface area contributed by atoms with Gasteiger partial charge in [0.15, 0.2) is 5.75 Å². The van der Waals surface area contributed by atoms with E-state index in [9.17, 15) is 8.42 Å². The Morgan fingerprint density at radius 1 is 1.05 bits per heavy atom. The average Bonchev–Trinajstić information content (AvgIpc) is 2.44. The Hall–Kier alpha value is -1.45. The van der Waals surface area contributed by atoms with Gasteiger partial charge in [-0.15, -0.1) is 0 Å². The van der Waals surface area contributed by atoms with E-state index in [1.807, 2.05) is 6.07 Å². The van der Waals surface area contributed by atoms with Gasteiger partial charge in [0.05, 0.1) is 26.7 Å². The third-order valence-electron chi connectivity index (χ3n) is 2.59. The third-order valence-corrected chi connectivity index (χ3v) is 4.73. The molecule has 0 spiro atoms. The van der Waals surface area contributed by atoms with Crippen molar-refractivity contribution < 1.29 is 12.6 Å². The monoisotopic (exact) mass is 375 g/mol. The minimum atomic E-state index is -3.96. The van der Waals surface area contributed by atoms with Gasteiger partial charge in [-0.25, -0.2) is 0 Å². The Morgan fingerprint density at radius 2 is 1.73 bits per heavy atom. The predicted octanol–water partition coefficient (Wildman–Crippen LogP) is 4.43. The molecule has 2 aromatic carbocycles. The summed E-state index contributed by atoms with van der Waals surface area (Å²) in [6.07, 6.45) is 0. The SMILES string of the molecule is N#Cc1cccc(CS(=O)(=O)Oc2cc(Cl)c(Cl)cc2Cl)c1. The second-order valence-corrected chi connectivity index (χ2v) is 7.09. The number of benzene rings is 2. The summed E-state index contributed by atoms with van der Waals surface area (Å²) in [7, 11) is -3.96. The molecule has 0 bridgehead atoms. The van der Waals surface area contributed by atoms with E-state index in [1.54, 1.807) is 18.2 Å². The summed E-state index contributed by atoms with van der Waals surface area (Å²) in [6, 6.07) is 10.7. The van der Waals surface area contributed by atoms with Crippen molar-refractivity contribution in [3.8, 4) is 11.8 Å². The lowest BCUT2D eigenvalue weighted by Crippen LogP contribution is -2.12. The van der Waals surface area contributed by atoms with Crippen LogP contribution in [-0.4, -0.2) is 8.42 Å². The van der Waals surface area contributed by atoms with Gasteiger partial charge in [-0.3, -0.25) is 0 Å². The van der Waals surface area contributed by atoms with Crippen LogP contribution in [0.4, 0.5) is 0 Å². The molecule has 8 heteroatoms. The van der Waals surface area contributed by atoms with E-state index < -0.39 is 15.9 Å². The number of nitrogens with zero attached hydrogens (tertiary/aromatic N) is 1. The Morgan fingerprint density at radius 3 is 2.41 bits per heavy atom. The summed E-state index contributed by atoms with van der Waals surface area (Å²) in [5.74, 6) is -0.508. The molecule has 0 aliphatic rings. The van der Waals surface area contributed by atoms with E-state index in [-0.39, 0.29) is 20.8 Å². The lowest BCUT2D eigenvalue weighted by Gasteiger charge is -2.10. The Kier molecular flexibility index (Phi) is 5.20. The van der Waals surface area contributed by atoms with Crippen LogP contribution in [0.1, 0.15) is 11.1 Å². The van der Waals surface area contributed by atoms with Crippen LogP contribution >= 0.6 is 34.8 Å². The Balaban J connectivity index is 2.25. The highest BCUT2D eigenvalue weighted by molar-refractivity contribution is 7.86. The number of nitriles is 1. The van der Waals surface area contributed by atoms with Crippen molar-refractivity contribution in [2.24, 2.45) is 0 Å².